The number of likely N-dealkylation sites (tertiary alicyclic amines) is 1. The average molecular weight is 358 g/mol. The number of quaternary nitrogens is 1. The van der Waals surface area contributed by atoms with E-state index < -0.39 is 0 Å². The lowest BCUT2D eigenvalue weighted by Gasteiger charge is -2.33. The maximum Gasteiger partial charge on any atom is 0.235 e. The first kappa shape index (κ1) is 16.5. The Bertz CT molecular complexity index is 892. The SMILES string of the molecule is Cc1cccc([C@H](c2sc3nc(C)nn3c2O)[NH+]2CCC(C)CC2)c1. The molecule has 0 saturated carbocycles. The Balaban J connectivity index is 1.81. The number of aromatic hydroxyl groups is 1. The van der Waals surface area contributed by atoms with Crippen molar-refractivity contribution in [3.05, 3.63) is 46.1 Å². The molecule has 3 heterocycles. The third kappa shape index (κ3) is 3.04. The number of piperidine rings is 1. The lowest BCUT2D eigenvalue weighted by atomic mass is 9.94. The summed E-state index contributed by atoms with van der Waals surface area (Å²) in [6, 6.07) is 8.81. The third-order valence-corrected chi connectivity index (χ3v) is 6.35. The largest absolute Gasteiger partial charge is 0.492 e. The van der Waals surface area contributed by atoms with Gasteiger partial charge in [-0.25, -0.2) is 4.98 Å². The number of hydrogen-bond acceptors (Lipinski definition) is 4. The molecule has 5 nitrogen and oxygen atoms in total. The summed E-state index contributed by atoms with van der Waals surface area (Å²) in [6.45, 7) is 8.58. The summed E-state index contributed by atoms with van der Waals surface area (Å²) in [5.74, 6) is 1.73. The summed E-state index contributed by atoms with van der Waals surface area (Å²) in [5, 5.41) is 15.2. The predicted molar refractivity (Wildman–Crippen MR) is 99.4 cm³/mol. The molecule has 0 unspecified atom stereocenters. The summed E-state index contributed by atoms with van der Waals surface area (Å²) in [5.41, 5.74) is 2.52. The first-order valence-corrected chi connectivity index (χ1v) is 9.80. The van der Waals surface area contributed by atoms with Crippen LogP contribution >= 0.6 is 11.3 Å². The fourth-order valence-electron chi connectivity index (χ4n) is 3.88. The van der Waals surface area contributed by atoms with Gasteiger partial charge in [0, 0.05) is 5.56 Å². The van der Waals surface area contributed by atoms with Crippen LogP contribution in [0.4, 0.5) is 0 Å². The molecule has 3 aromatic rings. The topological polar surface area (TPSA) is 54.9 Å². The molecule has 0 spiro atoms. The van der Waals surface area contributed by atoms with Gasteiger partial charge in [-0.1, -0.05) is 42.0 Å². The third-order valence-electron chi connectivity index (χ3n) is 5.27. The predicted octanol–water partition coefficient (Wildman–Crippen LogP) is 2.52. The van der Waals surface area contributed by atoms with Crippen molar-refractivity contribution in [1.82, 2.24) is 14.6 Å². The van der Waals surface area contributed by atoms with Crippen molar-refractivity contribution in [3.8, 4) is 5.88 Å². The molecule has 1 aliphatic heterocycles. The summed E-state index contributed by atoms with van der Waals surface area (Å²) in [7, 11) is 0. The van der Waals surface area contributed by atoms with Gasteiger partial charge in [0.05, 0.1) is 13.1 Å². The van der Waals surface area contributed by atoms with E-state index in [-0.39, 0.29) is 11.9 Å². The van der Waals surface area contributed by atoms with Crippen LogP contribution in [0.15, 0.2) is 24.3 Å². The second kappa shape index (κ2) is 6.42. The molecule has 0 aliphatic carbocycles. The smallest absolute Gasteiger partial charge is 0.235 e. The van der Waals surface area contributed by atoms with Gasteiger partial charge in [0.1, 0.15) is 10.7 Å². The number of nitrogens with zero attached hydrogens (tertiary/aromatic N) is 3. The summed E-state index contributed by atoms with van der Waals surface area (Å²) >= 11 is 1.57. The Morgan fingerprint density at radius 2 is 2.04 bits per heavy atom. The molecule has 6 heteroatoms. The molecule has 1 aromatic carbocycles. The van der Waals surface area contributed by atoms with Crippen LogP contribution < -0.4 is 4.90 Å². The highest BCUT2D eigenvalue weighted by Gasteiger charge is 2.34. The van der Waals surface area contributed by atoms with Crippen LogP contribution in [0.5, 0.6) is 5.88 Å². The number of aromatic nitrogens is 3. The molecule has 0 radical (unpaired) electrons. The van der Waals surface area contributed by atoms with E-state index in [0.717, 1.165) is 28.8 Å². The van der Waals surface area contributed by atoms with Crippen molar-refractivity contribution < 1.29 is 10.0 Å². The lowest BCUT2D eigenvalue weighted by molar-refractivity contribution is -0.931. The minimum absolute atomic E-state index is 0.140. The van der Waals surface area contributed by atoms with E-state index in [0.29, 0.717) is 5.82 Å². The molecular weight excluding hydrogens is 332 g/mol. The fourth-order valence-corrected chi connectivity index (χ4v) is 5.07. The average Bonchev–Trinajstić information content (AvgIpc) is 3.08. The van der Waals surface area contributed by atoms with Crippen LogP contribution in [0.2, 0.25) is 0 Å². The van der Waals surface area contributed by atoms with Crippen LogP contribution in [0, 0.1) is 19.8 Å². The van der Waals surface area contributed by atoms with Gasteiger partial charge in [0.2, 0.25) is 10.8 Å². The summed E-state index contributed by atoms with van der Waals surface area (Å²) in [6.07, 6.45) is 2.47. The molecule has 1 atom stereocenters. The van der Waals surface area contributed by atoms with E-state index in [4.69, 9.17) is 0 Å². The molecule has 1 fully saturated rings. The molecule has 2 aromatic heterocycles. The molecule has 1 saturated heterocycles. The van der Waals surface area contributed by atoms with Gasteiger partial charge >= 0.3 is 0 Å². The van der Waals surface area contributed by atoms with Crippen LogP contribution in [0.25, 0.3) is 4.96 Å². The Morgan fingerprint density at radius 3 is 2.72 bits per heavy atom. The number of thiazole rings is 1. The van der Waals surface area contributed by atoms with E-state index >= 15 is 0 Å². The van der Waals surface area contributed by atoms with Gasteiger partial charge < -0.3 is 10.0 Å². The van der Waals surface area contributed by atoms with Crippen molar-refractivity contribution in [2.45, 2.75) is 39.7 Å². The van der Waals surface area contributed by atoms with Crippen molar-refractivity contribution >= 4 is 16.3 Å². The van der Waals surface area contributed by atoms with Crippen LogP contribution in [-0.4, -0.2) is 32.8 Å². The Labute approximate surface area is 151 Å². The van der Waals surface area contributed by atoms with Gasteiger partial charge in [-0.05, 0) is 38.7 Å². The van der Waals surface area contributed by atoms with E-state index in [1.807, 2.05) is 6.92 Å². The second-order valence-electron chi connectivity index (χ2n) is 7.33. The molecule has 0 bridgehead atoms. The van der Waals surface area contributed by atoms with Crippen molar-refractivity contribution in [1.29, 1.82) is 0 Å². The lowest BCUT2D eigenvalue weighted by Crippen LogP contribution is -3.13. The molecule has 4 rings (SSSR count). The number of benzene rings is 1. The number of aryl methyl sites for hydroxylation is 2. The first-order valence-electron chi connectivity index (χ1n) is 8.99. The highest BCUT2D eigenvalue weighted by Crippen LogP contribution is 2.35. The van der Waals surface area contributed by atoms with E-state index in [2.05, 4.69) is 48.2 Å². The van der Waals surface area contributed by atoms with E-state index in [1.165, 1.54) is 28.9 Å². The molecule has 2 N–H and O–H groups in total. The fraction of sp³-hybridized carbons (Fsp3) is 0.474. The Hall–Kier alpha value is -1.92. The Kier molecular flexibility index (Phi) is 4.25. The van der Waals surface area contributed by atoms with Gasteiger partial charge in [-0.3, -0.25) is 0 Å². The van der Waals surface area contributed by atoms with Crippen molar-refractivity contribution in [2.24, 2.45) is 5.92 Å². The molecule has 0 amide bonds. The van der Waals surface area contributed by atoms with Gasteiger partial charge in [0.25, 0.3) is 0 Å². The van der Waals surface area contributed by atoms with Crippen LogP contribution in [0.1, 0.15) is 47.6 Å². The number of hydrogen-bond donors (Lipinski definition) is 2. The second-order valence-corrected chi connectivity index (χ2v) is 8.34. The maximum absolute atomic E-state index is 10.8. The normalized spacial score (nSPS) is 22.4. The van der Waals surface area contributed by atoms with Gasteiger partial charge in [-0.2, -0.15) is 4.52 Å². The van der Waals surface area contributed by atoms with E-state index in [1.54, 1.807) is 15.9 Å². The molecule has 132 valence electrons. The van der Waals surface area contributed by atoms with Crippen molar-refractivity contribution in [3.63, 3.8) is 0 Å². The Morgan fingerprint density at radius 1 is 1.28 bits per heavy atom. The molecule has 25 heavy (non-hydrogen) atoms. The number of fused-ring (bicyclic) bond motifs is 1. The maximum atomic E-state index is 10.8. The summed E-state index contributed by atoms with van der Waals surface area (Å²) < 4.78 is 1.59. The number of nitrogens with one attached hydrogen (secondary N) is 1. The molecule has 1 aliphatic rings. The zero-order valence-electron chi connectivity index (χ0n) is 15.0. The molecular formula is C19H25N4OS+. The minimum Gasteiger partial charge on any atom is -0.492 e. The zero-order valence-corrected chi connectivity index (χ0v) is 15.8. The highest BCUT2D eigenvalue weighted by atomic mass is 32.1. The highest BCUT2D eigenvalue weighted by molar-refractivity contribution is 7.17. The van der Waals surface area contributed by atoms with Crippen LogP contribution in [0.3, 0.4) is 0 Å². The monoisotopic (exact) mass is 357 g/mol. The van der Waals surface area contributed by atoms with E-state index in [9.17, 15) is 5.11 Å². The van der Waals surface area contributed by atoms with Crippen LogP contribution in [-0.2, 0) is 0 Å². The quantitative estimate of drug-likeness (QED) is 0.757. The zero-order chi connectivity index (χ0) is 17.6. The minimum atomic E-state index is 0.140. The first-order chi connectivity index (χ1) is 12.0. The number of rotatable bonds is 3. The van der Waals surface area contributed by atoms with Crippen molar-refractivity contribution in [2.75, 3.05) is 13.1 Å². The van der Waals surface area contributed by atoms with Gasteiger partial charge in [-0.15, -0.1) is 5.10 Å². The van der Waals surface area contributed by atoms with Gasteiger partial charge in [0.15, 0.2) is 6.04 Å². The standard InChI is InChI=1S/C19H24N4OS/c1-12-7-9-22(10-8-12)16(15-6-4-5-13(2)11-15)17-18(24)23-19(25-17)20-14(3)21-23/h4-6,11-12,16,24H,7-10H2,1-3H3/p+1/t16-/m1/s1. The summed E-state index contributed by atoms with van der Waals surface area (Å²) in [4.78, 5) is 7.72.